The summed E-state index contributed by atoms with van der Waals surface area (Å²) in [7, 11) is 1.83. The minimum atomic E-state index is 0.0195. The summed E-state index contributed by atoms with van der Waals surface area (Å²) in [6.07, 6.45) is 2.29. The van der Waals surface area contributed by atoms with Gasteiger partial charge in [0.15, 0.2) is 0 Å². The summed E-state index contributed by atoms with van der Waals surface area (Å²) < 4.78 is 1.68. The van der Waals surface area contributed by atoms with E-state index in [1.165, 1.54) is 0 Å². The maximum absolute atomic E-state index is 11.0. The highest BCUT2D eigenvalue weighted by Crippen LogP contribution is 2.11. The first-order valence-electron chi connectivity index (χ1n) is 4.93. The fourth-order valence-corrected chi connectivity index (χ4v) is 0.961. The summed E-state index contributed by atoms with van der Waals surface area (Å²) >= 11 is 0. The zero-order chi connectivity index (χ0) is 11.1. The van der Waals surface area contributed by atoms with Crippen molar-refractivity contribution in [3.63, 3.8) is 0 Å². The van der Waals surface area contributed by atoms with Crippen molar-refractivity contribution in [1.82, 2.24) is 9.78 Å². The molecule has 14 heavy (non-hydrogen) atoms. The number of carbonyl (C=O) groups is 1. The predicted molar refractivity (Wildman–Crippen MR) is 58.2 cm³/mol. The molecule has 0 aliphatic rings. The van der Waals surface area contributed by atoms with Gasteiger partial charge in [0, 0.05) is 19.7 Å². The maximum Gasteiger partial charge on any atom is 0.224 e. The van der Waals surface area contributed by atoms with Crippen molar-refractivity contribution < 1.29 is 4.79 Å². The van der Waals surface area contributed by atoms with E-state index in [1.54, 1.807) is 10.9 Å². The monoisotopic (exact) mass is 197 g/mol. The van der Waals surface area contributed by atoms with Crippen LogP contribution in [0.1, 0.15) is 32.9 Å². The first kappa shape index (κ1) is 12.7. The summed E-state index contributed by atoms with van der Waals surface area (Å²) in [6.45, 7) is 7.69. The lowest BCUT2D eigenvalue weighted by atomic mass is 10.3. The quantitative estimate of drug-likeness (QED) is 0.789. The molecule has 4 nitrogen and oxygen atoms in total. The molecule has 1 rings (SSSR count). The normalized spacial score (nSPS) is 8.93. The standard InChI is InChI=1S/C8H13N3O.C2H6/c1-4-8(12)9-7-5-11(3)10-6(7)2;1-2/h5H,4H2,1-3H3,(H,9,12);1-2H3. The molecule has 0 fully saturated rings. The third-order valence-electron chi connectivity index (χ3n) is 1.61. The Hall–Kier alpha value is -1.32. The van der Waals surface area contributed by atoms with Gasteiger partial charge in [-0.05, 0) is 6.92 Å². The van der Waals surface area contributed by atoms with Crippen LogP contribution in [-0.2, 0) is 11.8 Å². The number of amides is 1. The van der Waals surface area contributed by atoms with E-state index in [2.05, 4.69) is 10.4 Å². The van der Waals surface area contributed by atoms with Crippen molar-refractivity contribution in [2.45, 2.75) is 34.1 Å². The lowest BCUT2D eigenvalue weighted by Gasteiger charge is -1.98. The number of aryl methyl sites for hydroxylation is 2. The van der Waals surface area contributed by atoms with Gasteiger partial charge in [0.25, 0.3) is 0 Å². The third kappa shape index (κ3) is 3.60. The molecule has 0 saturated carbocycles. The first-order chi connectivity index (χ1) is 6.63. The number of aromatic nitrogens is 2. The van der Waals surface area contributed by atoms with Crippen LogP contribution in [0.15, 0.2) is 6.20 Å². The van der Waals surface area contributed by atoms with Crippen LogP contribution in [0.25, 0.3) is 0 Å². The predicted octanol–water partition coefficient (Wildman–Crippen LogP) is 2.10. The summed E-state index contributed by atoms with van der Waals surface area (Å²) in [6, 6.07) is 0. The van der Waals surface area contributed by atoms with E-state index in [0.717, 1.165) is 11.4 Å². The highest BCUT2D eigenvalue weighted by molar-refractivity contribution is 5.90. The summed E-state index contributed by atoms with van der Waals surface area (Å²) in [5.74, 6) is 0.0195. The van der Waals surface area contributed by atoms with Crippen LogP contribution in [0, 0.1) is 6.92 Å². The van der Waals surface area contributed by atoms with E-state index in [4.69, 9.17) is 0 Å². The van der Waals surface area contributed by atoms with Crippen LogP contribution in [0.4, 0.5) is 5.69 Å². The molecule has 80 valence electrons. The van der Waals surface area contributed by atoms with Gasteiger partial charge in [-0.2, -0.15) is 5.10 Å². The summed E-state index contributed by atoms with van der Waals surface area (Å²) in [4.78, 5) is 11.0. The number of anilines is 1. The SMILES string of the molecule is CC.CCC(=O)Nc1cn(C)nc1C. The zero-order valence-corrected chi connectivity index (χ0v) is 9.59. The second-order valence-electron chi connectivity index (χ2n) is 2.70. The number of hydrogen-bond donors (Lipinski definition) is 1. The van der Waals surface area contributed by atoms with Crippen molar-refractivity contribution in [2.75, 3.05) is 5.32 Å². The van der Waals surface area contributed by atoms with E-state index >= 15 is 0 Å². The van der Waals surface area contributed by atoms with Crippen molar-refractivity contribution in [3.8, 4) is 0 Å². The van der Waals surface area contributed by atoms with Crippen LogP contribution >= 0.6 is 0 Å². The number of rotatable bonds is 2. The molecule has 1 aromatic rings. The summed E-state index contributed by atoms with van der Waals surface area (Å²) in [5, 5.41) is 6.86. The Morgan fingerprint density at radius 3 is 2.50 bits per heavy atom. The van der Waals surface area contributed by atoms with Gasteiger partial charge < -0.3 is 5.32 Å². The Morgan fingerprint density at radius 1 is 1.57 bits per heavy atom. The van der Waals surface area contributed by atoms with E-state index < -0.39 is 0 Å². The zero-order valence-electron chi connectivity index (χ0n) is 9.59. The van der Waals surface area contributed by atoms with Crippen LogP contribution in [-0.4, -0.2) is 15.7 Å². The fraction of sp³-hybridized carbons (Fsp3) is 0.600. The highest BCUT2D eigenvalue weighted by atomic mass is 16.1. The summed E-state index contributed by atoms with van der Waals surface area (Å²) in [5.41, 5.74) is 1.64. The van der Waals surface area contributed by atoms with Gasteiger partial charge in [-0.1, -0.05) is 20.8 Å². The average Bonchev–Trinajstić information content (AvgIpc) is 2.48. The Labute approximate surface area is 85.3 Å². The van der Waals surface area contributed by atoms with Crippen molar-refractivity contribution >= 4 is 11.6 Å². The van der Waals surface area contributed by atoms with Gasteiger partial charge in [0.05, 0.1) is 11.4 Å². The van der Waals surface area contributed by atoms with Crippen LogP contribution < -0.4 is 5.32 Å². The minimum absolute atomic E-state index is 0.0195. The molecule has 0 spiro atoms. The largest absolute Gasteiger partial charge is 0.323 e. The Bertz CT molecular complexity index is 292. The molecule has 0 bridgehead atoms. The molecule has 1 heterocycles. The molecule has 0 radical (unpaired) electrons. The minimum Gasteiger partial charge on any atom is -0.323 e. The van der Waals surface area contributed by atoms with Crippen LogP contribution in [0.3, 0.4) is 0 Å². The molecule has 4 heteroatoms. The molecular weight excluding hydrogens is 178 g/mol. The van der Waals surface area contributed by atoms with Crippen LogP contribution in [0.5, 0.6) is 0 Å². The van der Waals surface area contributed by atoms with Gasteiger partial charge in [-0.25, -0.2) is 0 Å². The van der Waals surface area contributed by atoms with Gasteiger partial charge in [-0.15, -0.1) is 0 Å². The Morgan fingerprint density at radius 2 is 2.14 bits per heavy atom. The number of hydrogen-bond acceptors (Lipinski definition) is 2. The Balaban J connectivity index is 0.000000791. The fourth-order valence-electron chi connectivity index (χ4n) is 0.961. The number of carbonyl (C=O) groups excluding carboxylic acids is 1. The van der Waals surface area contributed by atoms with Crippen molar-refractivity contribution in [2.24, 2.45) is 7.05 Å². The molecular formula is C10H19N3O. The van der Waals surface area contributed by atoms with Gasteiger partial charge >= 0.3 is 0 Å². The molecule has 1 amide bonds. The lowest BCUT2D eigenvalue weighted by molar-refractivity contribution is -0.115. The Kier molecular flexibility index (Phi) is 5.60. The first-order valence-corrected chi connectivity index (χ1v) is 4.93. The number of nitrogens with one attached hydrogen (secondary N) is 1. The lowest BCUT2D eigenvalue weighted by Crippen LogP contribution is -2.09. The average molecular weight is 197 g/mol. The molecule has 0 aliphatic carbocycles. The third-order valence-corrected chi connectivity index (χ3v) is 1.61. The molecule has 0 unspecified atom stereocenters. The second-order valence-corrected chi connectivity index (χ2v) is 2.70. The molecule has 1 aromatic heterocycles. The molecule has 0 aromatic carbocycles. The smallest absolute Gasteiger partial charge is 0.224 e. The van der Waals surface area contributed by atoms with E-state index in [-0.39, 0.29) is 5.91 Å². The molecule has 0 saturated heterocycles. The van der Waals surface area contributed by atoms with Gasteiger partial charge in [0.2, 0.25) is 5.91 Å². The molecule has 1 N–H and O–H groups in total. The van der Waals surface area contributed by atoms with Crippen molar-refractivity contribution in [3.05, 3.63) is 11.9 Å². The number of nitrogens with zero attached hydrogens (tertiary/aromatic N) is 2. The maximum atomic E-state index is 11.0. The van der Waals surface area contributed by atoms with E-state index in [1.807, 2.05) is 34.7 Å². The van der Waals surface area contributed by atoms with E-state index in [9.17, 15) is 4.79 Å². The van der Waals surface area contributed by atoms with E-state index in [0.29, 0.717) is 6.42 Å². The second kappa shape index (κ2) is 6.18. The van der Waals surface area contributed by atoms with Crippen LogP contribution in [0.2, 0.25) is 0 Å². The van der Waals surface area contributed by atoms with Gasteiger partial charge in [0.1, 0.15) is 0 Å². The van der Waals surface area contributed by atoms with Gasteiger partial charge in [-0.3, -0.25) is 9.48 Å². The molecule has 0 atom stereocenters. The highest BCUT2D eigenvalue weighted by Gasteiger charge is 2.04. The van der Waals surface area contributed by atoms with Crippen molar-refractivity contribution in [1.29, 1.82) is 0 Å². The molecule has 0 aliphatic heterocycles. The topological polar surface area (TPSA) is 46.9 Å².